The number of carbonyl (C=O) groups is 1. The van der Waals surface area contributed by atoms with Crippen molar-refractivity contribution < 1.29 is 9.63 Å². The van der Waals surface area contributed by atoms with E-state index in [9.17, 15) is 4.79 Å². The SMILES string of the molecule is CON1CCC(CC(=O)NCC(C)(C)C2=CCCCC2)CC1. The third-order valence-electron chi connectivity index (χ3n) is 5.19. The molecule has 4 nitrogen and oxygen atoms in total. The Morgan fingerprint density at radius 2 is 2.09 bits per heavy atom. The molecular formula is C18H32N2O2. The Labute approximate surface area is 135 Å². The summed E-state index contributed by atoms with van der Waals surface area (Å²) in [6.07, 6.45) is 10.1. The number of allylic oxidation sites excluding steroid dienone is 1. The molecule has 22 heavy (non-hydrogen) atoms. The van der Waals surface area contributed by atoms with Crippen LogP contribution in [0.5, 0.6) is 0 Å². The summed E-state index contributed by atoms with van der Waals surface area (Å²) in [6.45, 7) is 7.14. The van der Waals surface area contributed by atoms with Crippen LogP contribution in [0.3, 0.4) is 0 Å². The molecule has 1 aliphatic heterocycles. The van der Waals surface area contributed by atoms with Crippen LogP contribution in [0.15, 0.2) is 11.6 Å². The van der Waals surface area contributed by atoms with Crippen molar-refractivity contribution in [1.82, 2.24) is 10.4 Å². The summed E-state index contributed by atoms with van der Waals surface area (Å²) >= 11 is 0. The highest BCUT2D eigenvalue weighted by molar-refractivity contribution is 5.76. The van der Waals surface area contributed by atoms with Crippen LogP contribution in [0.25, 0.3) is 0 Å². The summed E-state index contributed by atoms with van der Waals surface area (Å²) in [5, 5.41) is 5.15. The van der Waals surface area contributed by atoms with Gasteiger partial charge < -0.3 is 10.2 Å². The van der Waals surface area contributed by atoms with Gasteiger partial charge in [-0.25, -0.2) is 0 Å². The number of nitrogens with one attached hydrogen (secondary N) is 1. The molecule has 0 aromatic rings. The molecule has 2 rings (SSSR count). The number of rotatable bonds is 6. The minimum atomic E-state index is 0.0928. The summed E-state index contributed by atoms with van der Waals surface area (Å²) in [5.41, 5.74) is 1.61. The first-order chi connectivity index (χ1) is 10.5. The fourth-order valence-corrected chi connectivity index (χ4v) is 3.52. The van der Waals surface area contributed by atoms with E-state index in [0.717, 1.165) is 32.5 Å². The van der Waals surface area contributed by atoms with E-state index in [-0.39, 0.29) is 11.3 Å². The van der Waals surface area contributed by atoms with E-state index in [0.29, 0.717) is 12.3 Å². The van der Waals surface area contributed by atoms with Crippen LogP contribution >= 0.6 is 0 Å². The second-order valence-electron chi connectivity index (χ2n) is 7.39. The minimum Gasteiger partial charge on any atom is -0.355 e. The summed E-state index contributed by atoms with van der Waals surface area (Å²) in [4.78, 5) is 17.4. The number of piperidine rings is 1. The lowest BCUT2D eigenvalue weighted by atomic mass is 9.78. The topological polar surface area (TPSA) is 41.6 Å². The van der Waals surface area contributed by atoms with Gasteiger partial charge in [-0.3, -0.25) is 4.79 Å². The Hall–Kier alpha value is -0.870. The molecule has 1 amide bonds. The highest BCUT2D eigenvalue weighted by Gasteiger charge is 2.26. The van der Waals surface area contributed by atoms with Crippen LogP contribution in [0.2, 0.25) is 0 Å². The molecule has 0 atom stereocenters. The molecule has 1 heterocycles. The van der Waals surface area contributed by atoms with Gasteiger partial charge in [-0.1, -0.05) is 25.5 Å². The molecule has 0 aromatic heterocycles. The third-order valence-corrected chi connectivity index (χ3v) is 5.19. The van der Waals surface area contributed by atoms with Gasteiger partial charge in [-0.05, 0) is 44.4 Å². The Morgan fingerprint density at radius 1 is 1.36 bits per heavy atom. The van der Waals surface area contributed by atoms with Crippen molar-refractivity contribution in [2.75, 3.05) is 26.7 Å². The second kappa shape index (κ2) is 8.11. The van der Waals surface area contributed by atoms with E-state index in [4.69, 9.17) is 4.84 Å². The number of hydroxylamine groups is 2. The van der Waals surface area contributed by atoms with Crippen molar-refractivity contribution in [1.29, 1.82) is 0 Å². The van der Waals surface area contributed by atoms with E-state index in [2.05, 4.69) is 25.2 Å². The molecule has 0 unspecified atom stereocenters. The van der Waals surface area contributed by atoms with Crippen molar-refractivity contribution >= 4 is 5.91 Å². The highest BCUT2D eigenvalue weighted by atomic mass is 16.7. The molecule has 0 aromatic carbocycles. The van der Waals surface area contributed by atoms with E-state index < -0.39 is 0 Å². The number of carbonyl (C=O) groups excluding carboxylic acids is 1. The van der Waals surface area contributed by atoms with Gasteiger partial charge in [-0.2, -0.15) is 5.06 Å². The van der Waals surface area contributed by atoms with Gasteiger partial charge in [0.1, 0.15) is 0 Å². The molecule has 1 saturated heterocycles. The van der Waals surface area contributed by atoms with Crippen molar-refractivity contribution in [2.24, 2.45) is 11.3 Å². The first-order valence-corrected chi connectivity index (χ1v) is 8.76. The molecule has 1 N–H and O–H groups in total. The fourth-order valence-electron chi connectivity index (χ4n) is 3.52. The standard InChI is InChI=1S/C18H32N2O2/c1-18(2,16-7-5-4-6-8-16)14-19-17(21)13-15-9-11-20(22-3)12-10-15/h7,15H,4-6,8-14H2,1-3H3,(H,19,21). The molecule has 0 saturated carbocycles. The average molecular weight is 308 g/mol. The van der Waals surface area contributed by atoms with Crippen molar-refractivity contribution in [3.8, 4) is 0 Å². The van der Waals surface area contributed by atoms with E-state index in [1.54, 1.807) is 7.11 Å². The molecule has 0 bridgehead atoms. The molecule has 0 radical (unpaired) electrons. The predicted molar refractivity (Wildman–Crippen MR) is 89.3 cm³/mol. The summed E-state index contributed by atoms with van der Waals surface area (Å²) in [6, 6.07) is 0. The van der Waals surface area contributed by atoms with Crippen LogP contribution in [0.4, 0.5) is 0 Å². The van der Waals surface area contributed by atoms with Crippen molar-refractivity contribution in [2.45, 2.75) is 58.8 Å². The normalized spacial score (nSPS) is 21.5. The van der Waals surface area contributed by atoms with Gasteiger partial charge in [0.15, 0.2) is 0 Å². The van der Waals surface area contributed by atoms with Gasteiger partial charge >= 0.3 is 0 Å². The highest BCUT2D eigenvalue weighted by Crippen LogP contribution is 2.33. The maximum absolute atomic E-state index is 12.2. The molecule has 2 aliphatic rings. The largest absolute Gasteiger partial charge is 0.355 e. The van der Waals surface area contributed by atoms with Gasteiger partial charge in [0.05, 0.1) is 7.11 Å². The maximum atomic E-state index is 12.2. The van der Waals surface area contributed by atoms with Gasteiger partial charge in [0.2, 0.25) is 5.91 Å². The number of hydrogen-bond acceptors (Lipinski definition) is 3. The van der Waals surface area contributed by atoms with Crippen LogP contribution in [0.1, 0.15) is 58.8 Å². The third kappa shape index (κ3) is 5.10. The quantitative estimate of drug-likeness (QED) is 0.766. The lowest BCUT2D eigenvalue weighted by molar-refractivity contribution is -0.149. The van der Waals surface area contributed by atoms with E-state index in [1.165, 1.54) is 31.3 Å². The monoisotopic (exact) mass is 308 g/mol. The lowest BCUT2D eigenvalue weighted by Crippen LogP contribution is -2.38. The van der Waals surface area contributed by atoms with Gasteiger partial charge in [0, 0.05) is 31.5 Å². The molecular weight excluding hydrogens is 276 g/mol. The average Bonchev–Trinajstić information content (AvgIpc) is 2.55. The van der Waals surface area contributed by atoms with E-state index in [1.807, 2.05) is 5.06 Å². The number of amides is 1. The van der Waals surface area contributed by atoms with Gasteiger partial charge in [0.25, 0.3) is 0 Å². The van der Waals surface area contributed by atoms with Gasteiger partial charge in [-0.15, -0.1) is 0 Å². The zero-order chi connectivity index (χ0) is 16.0. The van der Waals surface area contributed by atoms with Crippen LogP contribution < -0.4 is 5.32 Å². The summed E-state index contributed by atoms with van der Waals surface area (Å²) in [7, 11) is 1.72. The number of nitrogens with zero attached hydrogens (tertiary/aromatic N) is 1. The van der Waals surface area contributed by atoms with Crippen LogP contribution in [-0.4, -0.2) is 37.7 Å². The fraction of sp³-hybridized carbons (Fsp3) is 0.833. The minimum absolute atomic E-state index is 0.0928. The molecule has 1 fully saturated rings. The summed E-state index contributed by atoms with van der Waals surface area (Å²) in [5.74, 6) is 0.712. The van der Waals surface area contributed by atoms with Crippen LogP contribution in [0, 0.1) is 11.3 Å². The zero-order valence-corrected chi connectivity index (χ0v) is 14.5. The molecule has 4 heteroatoms. The lowest BCUT2D eigenvalue weighted by Gasteiger charge is -2.32. The number of hydrogen-bond donors (Lipinski definition) is 1. The maximum Gasteiger partial charge on any atom is 0.220 e. The Morgan fingerprint density at radius 3 is 2.68 bits per heavy atom. The Bertz CT molecular complexity index is 396. The first kappa shape index (κ1) is 17.5. The Balaban J connectivity index is 1.72. The zero-order valence-electron chi connectivity index (χ0n) is 14.5. The second-order valence-corrected chi connectivity index (χ2v) is 7.39. The smallest absolute Gasteiger partial charge is 0.220 e. The van der Waals surface area contributed by atoms with Crippen molar-refractivity contribution in [3.63, 3.8) is 0 Å². The van der Waals surface area contributed by atoms with E-state index >= 15 is 0 Å². The molecule has 0 spiro atoms. The van der Waals surface area contributed by atoms with Crippen LogP contribution in [-0.2, 0) is 9.63 Å². The summed E-state index contributed by atoms with van der Waals surface area (Å²) < 4.78 is 0. The Kier molecular flexibility index (Phi) is 6.45. The first-order valence-electron chi connectivity index (χ1n) is 8.76. The molecule has 1 aliphatic carbocycles. The van der Waals surface area contributed by atoms with Crippen molar-refractivity contribution in [3.05, 3.63) is 11.6 Å². The molecule has 126 valence electrons. The predicted octanol–water partition coefficient (Wildman–Crippen LogP) is 3.29.